The van der Waals surface area contributed by atoms with Gasteiger partial charge in [0, 0.05) is 5.56 Å². The van der Waals surface area contributed by atoms with Crippen molar-refractivity contribution in [3.63, 3.8) is 0 Å². The number of anilines is 1. The van der Waals surface area contributed by atoms with Crippen LogP contribution in [-0.2, 0) is 0 Å². The van der Waals surface area contributed by atoms with Crippen LogP contribution >= 0.6 is 12.2 Å². The first kappa shape index (κ1) is 25.6. The van der Waals surface area contributed by atoms with E-state index in [1.807, 2.05) is 49.4 Å². The number of thiocarbonyl (C=S) groups is 1. The van der Waals surface area contributed by atoms with Crippen molar-refractivity contribution >= 4 is 29.6 Å². The van der Waals surface area contributed by atoms with E-state index >= 15 is 0 Å². The number of hydrogen-bond donors (Lipinski definition) is 1. The van der Waals surface area contributed by atoms with Crippen LogP contribution < -0.4 is 20.0 Å². The molecule has 0 saturated carbocycles. The van der Waals surface area contributed by atoms with Crippen LogP contribution in [0.2, 0.25) is 0 Å². The van der Waals surface area contributed by atoms with Gasteiger partial charge in [0.15, 0.2) is 5.82 Å². The third-order valence-electron chi connectivity index (χ3n) is 5.14. The SMILES string of the molecule is COc1ccc(N(C=S)N/N=C/c2ccc(-c3ncn(-c4ccc(OC(F)(F)F)cc4)n3)cc2)c(C)c1. The Morgan fingerprint density at radius 1 is 1.03 bits per heavy atom. The minimum Gasteiger partial charge on any atom is -0.497 e. The van der Waals surface area contributed by atoms with Gasteiger partial charge in [0.1, 0.15) is 17.8 Å². The summed E-state index contributed by atoms with van der Waals surface area (Å²) in [5.41, 5.74) is 8.28. The lowest BCUT2D eigenvalue weighted by Crippen LogP contribution is -2.32. The molecule has 0 radical (unpaired) electrons. The average molecular weight is 527 g/mol. The molecule has 4 aromatic rings. The number of ether oxygens (including phenoxy) is 2. The third kappa shape index (κ3) is 6.61. The van der Waals surface area contributed by atoms with Crippen LogP contribution in [0.1, 0.15) is 11.1 Å². The maximum Gasteiger partial charge on any atom is 0.573 e. The summed E-state index contributed by atoms with van der Waals surface area (Å²) in [5, 5.41) is 10.3. The molecule has 0 atom stereocenters. The van der Waals surface area contributed by atoms with Crippen molar-refractivity contribution in [3.8, 4) is 28.6 Å². The standard InChI is InChI=1S/C25H21F3N6O2S/c1-17-13-22(35-2)11-12-23(17)34(16-37)32-30-14-18-3-5-19(6-4-18)24-29-15-33(31-24)20-7-9-21(10-8-20)36-25(26,27)28/h3-16,32H,1-2H3/b30-14+. The van der Waals surface area contributed by atoms with Gasteiger partial charge in [-0.15, -0.1) is 18.3 Å². The molecule has 0 saturated heterocycles. The molecule has 0 bridgehead atoms. The molecule has 4 rings (SSSR count). The molecule has 0 unspecified atom stereocenters. The Labute approximate surface area is 215 Å². The maximum absolute atomic E-state index is 12.3. The second kappa shape index (κ2) is 11.1. The molecule has 0 spiro atoms. The predicted molar refractivity (Wildman–Crippen MR) is 138 cm³/mol. The number of hydrazone groups is 1. The molecule has 12 heteroatoms. The molecule has 0 fully saturated rings. The Hall–Kier alpha value is -4.45. The number of hydrogen-bond acceptors (Lipinski definition) is 7. The van der Waals surface area contributed by atoms with Crippen LogP contribution in [0.3, 0.4) is 0 Å². The quantitative estimate of drug-likeness (QED) is 0.177. The first-order valence-electron chi connectivity index (χ1n) is 10.8. The summed E-state index contributed by atoms with van der Waals surface area (Å²) in [6.45, 7) is 1.94. The summed E-state index contributed by atoms with van der Waals surface area (Å²) in [4.78, 5) is 4.29. The number of benzene rings is 3. The summed E-state index contributed by atoms with van der Waals surface area (Å²) in [7, 11) is 1.61. The highest BCUT2D eigenvalue weighted by Gasteiger charge is 2.31. The fraction of sp³-hybridized carbons (Fsp3) is 0.120. The number of halogens is 3. The molecule has 0 aliphatic heterocycles. The minimum atomic E-state index is -4.74. The van der Waals surface area contributed by atoms with Gasteiger partial charge < -0.3 is 9.47 Å². The second-order valence-corrected chi connectivity index (χ2v) is 7.87. The van der Waals surface area contributed by atoms with Crippen molar-refractivity contribution in [2.75, 3.05) is 12.1 Å². The number of aryl methyl sites for hydroxylation is 1. The van der Waals surface area contributed by atoms with E-state index in [0.717, 1.165) is 28.1 Å². The van der Waals surface area contributed by atoms with Crippen LogP contribution in [0, 0.1) is 6.92 Å². The molecular formula is C25H21F3N6O2S. The van der Waals surface area contributed by atoms with E-state index in [2.05, 4.69) is 25.5 Å². The van der Waals surface area contributed by atoms with Crippen molar-refractivity contribution in [2.24, 2.45) is 5.10 Å². The molecule has 0 aliphatic carbocycles. The van der Waals surface area contributed by atoms with Crippen molar-refractivity contribution in [3.05, 3.63) is 84.2 Å². The normalized spacial score (nSPS) is 11.4. The van der Waals surface area contributed by atoms with E-state index in [-0.39, 0.29) is 5.75 Å². The Morgan fingerprint density at radius 3 is 2.35 bits per heavy atom. The first-order valence-corrected chi connectivity index (χ1v) is 11.3. The van der Waals surface area contributed by atoms with Gasteiger partial charge in [-0.05, 0) is 60.5 Å². The van der Waals surface area contributed by atoms with Gasteiger partial charge >= 0.3 is 6.36 Å². The van der Waals surface area contributed by atoms with Crippen LogP contribution in [0.25, 0.3) is 17.1 Å². The van der Waals surface area contributed by atoms with Crippen LogP contribution in [-0.4, -0.2) is 39.9 Å². The van der Waals surface area contributed by atoms with Gasteiger partial charge in [0.05, 0.1) is 30.2 Å². The Kier molecular flexibility index (Phi) is 7.68. The lowest BCUT2D eigenvalue weighted by molar-refractivity contribution is -0.274. The van der Waals surface area contributed by atoms with Crippen molar-refractivity contribution in [2.45, 2.75) is 13.3 Å². The van der Waals surface area contributed by atoms with Gasteiger partial charge in [-0.25, -0.2) is 20.2 Å². The van der Waals surface area contributed by atoms with Gasteiger partial charge in [0.2, 0.25) is 0 Å². The number of hydrazine groups is 1. The molecule has 1 N–H and O–H groups in total. The van der Waals surface area contributed by atoms with Crippen LogP contribution in [0.5, 0.6) is 11.5 Å². The molecule has 8 nitrogen and oxygen atoms in total. The zero-order valence-corrected chi connectivity index (χ0v) is 20.5. The van der Waals surface area contributed by atoms with Gasteiger partial charge in [-0.3, -0.25) is 0 Å². The maximum atomic E-state index is 12.3. The number of alkyl halides is 3. The Morgan fingerprint density at radius 2 is 1.73 bits per heavy atom. The number of methoxy groups -OCH3 is 1. The lowest BCUT2D eigenvalue weighted by atomic mass is 10.1. The molecule has 1 aromatic heterocycles. The van der Waals surface area contributed by atoms with Gasteiger partial charge in [0.25, 0.3) is 0 Å². The van der Waals surface area contributed by atoms with E-state index in [1.165, 1.54) is 40.8 Å². The molecule has 1 heterocycles. The molecule has 3 aromatic carbocycles. The number of nitrogens with one attached hydrogen (secondary N) is 1. The summed E-state index contributed by atoms with van der Waals surface area (Å²) >= 11 is 5.11. The molecule has 0 aliphatic rings. The number of rotatable bonds is 9. The Balaban J connectivity index is 1.40. The summed E-state index contributed by atoms with van der Waals surface area (Å²) in [6.07, 6.45) is -1.62. The largest absolute Gasteiger partial charge is 0.573 e. The van der Waals surface area contributed by atoms with Crippen molar-refractivity contribution in [1.82, 2.24) is 20.3 Å². The highest BCUT2D eigenvalue weighted by molar-refractivity contribution is 7.79. The van der Waals surface area contributed by atoms with E-state index in [4.69, 9.17) is 17.0 Å². The average Bonchev–Trinajstić information content (AvgIpc) is 3.37. The van der Waals surface area contributed by atoms with Gasteiger partial charge in [-0.1, -0.05) is 36.5 Å². The van der Waals surface area contributed by atoms with E-state index < -0.39 is 6.36 Å². The van der Waals surface area contributed by atoms with Gasteiger partial charge in [-0.2, -0.15) is 5.10 Å². The molecule has 190 valence electrons. The van der Waals surface area contributed by atoms with Crippen LogP contribution in [0.4, 0.5) is 18.9 Å². The second-order valence-electron chi connectivity index (χ2n) is 7.66. The fourth-order valence-corrected chi connectivity index (χ4v) is 3.52. The monoisotopic (exact) mass is 526 g/mol. The Bertz CT molecular complexity index is 1390. The fourth-order valence-electron chi connectivity index (χ4n) is 3.36. The lowest BCUT2D eigenvalue weighted by Gasteiger charge is -2.20. The van der Waals surface area contributed by atoms with E-state index in [1.54, 1.807) is 18.3 Å². The number of nitrogens with zero attached hydrogens (tertiary/aromatic N) is 5. The number of aromatic nitrogens is 3. The van der Waals surface area contributed by atoms with Crippen LogP contribution in [0.15, 0.2) is 78.2 Å². The van der Waals surface area contributed by atoms with E-state index in [9.17, 15) is 13.2 Å². The van der Waals surface area contributed by atoms with Crippen molar-refractivity contribution in [1.29, 1.82) is 0 Å². The summed E-state index contributed by atoms with van der Waals surface area (Å²) in [5.74, 6) is 0.900. The topological polar surface area (TPSA) is 76.8 Å². The summed E-state index contributed by atoms with van der Waals surface area (Å²) in [6, 6.07) is 18.4. The minimum absolute atomic E-state index is 0.309. The first-order chi connectivity index (χ1) is 17.8. The third-order valence-corrected chi connectivity index (χ3v) is 5.35. The van der Waals surface area contributed by atoms with E-state index in [0.29, 0.717) is 11.5 Å². The smallest absolute Gasteiger partial charge is 0.497 e. The summed E-state index contributed by atoms with van der Waals surface area (Å²) < 4.78 is 47.6. The highest BCUT2D eigenvalue weighted by Crippen LogP contribution is 2.25. The van der Waals surface area contributed by atoms with Crippen molar-refractivity contribution < 1.29 is 22.6 Å². The highest BCUT2D eigenvalue weighted by atomic mass is 32.1. The zero-order valence-electron chi connectivity index (χ0n) is 19.7. The molecule has 37 heavy (non-hydrogen) atoms. The molecular weight excluding hydrogens is 505 g/mol. The predicted octanol–water partition coefficient (Wildman–Crippen LogP) is 5.45. The zero-order chi connectivity index (χ0) is 26.4. The molecule has 0 amide bonds.